The molecule has 2 nitrogen and oxygen atoms in total. The minimum Gasteiger partial charge on any atom is -0.493 e. The van der Waals surface area contributed by atoms with E-state index < -0.39 is 0 Å². The zero-order valence-electron chi connectivity index (χ0n) is 12.5. The molecule has 0 amide bonds. The number of para-hydroxylation sites is 1. The third kappa shape index (κ3) is 3.22. The van der Waals surface area contributed by atoms with E-state index in [2.05, 4.69) is 48.8 Å². The zero-order valence-corrected chi connectivity index (χ0v) is 13.3. The lowest BCUT2D eigenvalue weighted by atomic mass is 10.0. The number of hydrogen-bond donors (Lipinski definition) is 1. The fourth-order valence-electron chi connectivity index (χ4n) is 2.38. The number of benzene rings is 1. The minimum absolute atomic E-state index is 0.206. The molecule has 1 heterocycles. The molecular formula is C17H23NOS. The molecule has 0 fully saturated rings. The van der Waals surface area contributed by atoms with E-state index in [1.165, 1.54) is 16.0 Å². The van der Waals surface area contributed by atoms with Gasteiger partial charge in [0.05, 0.1) is 12.6 Å². The van der Waals surface area contributed by atoms with Crippen LogP contribution in [0.3, 0.4) is 0 Å². The first-order valence-corrected chi connectivity index (χ1v) is 8.15. The summed E-state index contributed by atoms with van der Waals surface area (Å²) in [7, 11) is 2.01. The first-order chi connectivity index (χ1) is 9.81. The molecule has 0 aliphatic carbocycles. The summed E-state index contributed by atoms with van der Waals surface area (Å²) in [6.45, 7) is 5.10. The Morgan fingerprint density at radius 2 is 2.00 bits per heavy atom. The van der Waals surface area contributed by atoms with Crippen molar-refractivity contribution in [1.82, 2.24) is 5.32 Å². The summed E-state index contributed by atoms with van der Waals surface area (Å²) >= 11 is 1.82. The first-order valence-electron chi connectivity index (χ1n) is 7.27. The van der Waals surface area contributed by atoms with Gasteiger partial charge >= 0.3 is 0 Å². The van der Waals surface area contributed by atoms with Crippen LogP contribution in [-0.2, 0) is 6.42 Å². The maximum atomic E-state index is 5.91. The lowest BCUT2D eigenvalue weighted by Gasteiger charge is -2.20. The minimum atomic E-state index is 0.206. The number of hydrogen-bond acceptors (Lipinski definition) is 3. The Balaban J connectivity index is 2.36. The molecular weight excluding hydrogens is 266 g/mol. The second kappa shape index (κ2) is 7.46. The van der Waals surface area contributed by atoms with Gasteiger partial charge in [-0.1, -0.05) is 32.0 Å². The molecule has 1 aromatic carbocycles. The van der Waals surface area contributed by atoms with Gasteiger partial charge in [0.1, 0.15) is 5.75 Å². The second-order valence-electron chi connectivity index (χ2n) is 4.77. The van der Waals surface area contributed by atoms with E-state index in [0.717, 1.165) is 25.2 Å². The molecule has 2 aromatic rings. The van der Waals surface area contributed by atoms with Gasteiger partial charge in [0.2, 0.25) is 0 Å². The van der Waals surface area contributed by atoms with Gasteiger partial charge in [-0.25, -0.2) is 0 Å². The van der Waals surface area contributed by atoms with Gasteiger partial charge in [-0.15, -0.1) is 11.3 Å². The number of thiophene rings is 1. The van der Waals surface area contributed by atoms with Crippen molar-refractivity contribution in [2.45, 2.75) is 32.7 Å². The molecule has 20 heavy (non-hydrogen) atoms. The molecule has 0 aliphatic heterocycles. The molecule has 1 unspecified atom stereocenters. The SMILES string of the molecule is CCCOc1ccccc1C(NC)c1sccc1CC. The molecule has 0 spiro atoms. The van der Waals surface area contributed by atoms with Crippen LogP contribution in [0.1, 0.15) is 42.3 Å². The van der Waals surface area contributed by atoms with Crippen molar-refractivity contribution >= 4 is 11.3 Å². The first kappa shape index (κ1) is 15.1. The highest BCUT2D eigenvalue weighted by atomic mass is 32.1. The molecule has 0 radical (unpaired) electrons. The normalized spacial score (nSPS) is 12.3. The largest absolute Gasteiger partial charge is 0.493 e. The van der Waals surface area contributed by atoms with Gasteiger partial charge < -0.3 is 10.1 Å². The van der Waals surface area contributed by atoms with E-state index in [1.54, 1.807) is 0 Å². The number of rotatable bonds is 7. The Morgan fingerprint density at radius 1 is 1.20 bits per heavy atom. The van der Waals surface area contributed by atoms with Crippen LogP contribution in [-0.4, -0.2) is 13.7 Å². The van der Waals surface area contributed by atoms with Crippen molar-refractivity contribution < 1.29 is 4.74 Å². The lowest BCUT2D eigenvalue weighted by Crippen LogP contribution is -2.18. The van der Waals surface area contributed by atoms with Gasteiger partial charge in [0.25, 0.3) is 0 Å². The van der Waals surface area contributed by atoms with Crippen molar-refractivity contribution in [1.29, 1.82) is 0 Å². The third-order valence-corrected chi connectivity index (χ3v) is 4.43. The molecule has 0 saturated carbocycles. The van der Waals surface area contributed by atoms with E-state index in [4.69, 9.17) is 4.74 Å². The second-order valence-corrected chi connectivity index (χ2v) is 5.72. The zero-order chi connectivity index (χ0) is 14.4. The molecule has 3 heteroatoms. The quantitative estimate of drug-likeness (QED) is 0.815. The average Bonchev–Trinajstić information content (AvgIpc) is 2.95. The Hall–Kier alpha value is -1.32. The van der Waals surface area contributed by atoms with Crippen LogP contribution in [0.4, 0.5) is 0 Å². The summed E-state index contributed by atoms with van der Waals surface area (Å²) in [5, 5.41) is 5.62. The highest BCUT2D eigenvalue weighted by molar-refractivity contribution is 7.10. The van der Waals surface area contributed by atoms with Crippen LogP contribution >= 0.6 is 11.3 Å². The van der Waals surface area contributed by atoms with E-state index >= 15 is 0 Å². The fraction of sp³-hybridized carbons (Fsp3) is 0.412. The Kier molecular flexibility index (Phi) is 5.62. The maximum Gasteiger partial charge on any atom is 0.124 e. The van der Waals surface area contributed by atoms with Gasteiger partial charge in [0, 0.05) is 10.4 Å². The van der Waals surface area contributed by atoms with Crippen LogP contribution in [0.15, 0.2) is 35.7 Å². The highest BCUT2D eigenvalue weighted by Gasteiger charge is 2.19. The predicted octanol–water partition coefficient (Wildman–Crippen LogP) is 4.41. The van der Waals surface area contributed by atoms with E-state index in [-0.39, 0.29) is 6.04 Å². The van der Waals surface area contributed by atoms with Gasteiger partial charge in [-0.2, -0.15) is 0 Å². The van der Waals surface area contributed by atoms with E-state index in [9.17, 15) is 0 Å². The molecule has 0 bridgehead atoms. The van der Waals surface area contributed by atoms with Crippen molar-refractivity contribution in [3.8, 4) is 5.75 Å². The summed E-state index contributed by atoms with van der Waals surface area (Å²) in [4.78, 5) is 1.39. The van der Waals surface area contributed by atoms with Crippen molar-refractivity contribution in [2.75, 3.05) is 13.7 Å². The standard InChI is InChI=1S/C17H23NOS/c1-4-11-19-15-9-7-6-8-14(15)16(18-3)17-13(5-2)10-12-20-17/h6-10,12,16,18H,4-5,11H2,1-3H3. The molecule has 0 saturated heterocycles. The summed E-state index contributed by atoms with van der Waals surface area (Å²) in [5.41, 5.74) is 2.64. The van der Waals surface area contributed by atoms with Crippen LogP contribution < -0.4 is 10.1 Å². The molecule has 0 aliphatic rings. The Labute approximate surface area is 125 Å². The highest BCUT2D eigenvalue weighted by Crippen LogP contribution is 2.34. The summed E-state index contributed by atoms with van der Waals surface area (Å²) in [5.74, 6) is 0.990. The Morgan fingerprint density at radius 3 is 2.70 bits per heavy atom. The fourth-order valence-corrected chi connectivity index (χ4v) is 3.51. The van der Waals surface area contributed by atoms with Crippen LogP contribution in [0, 0.1) is 0 Å². The summed E-state index contributed by atoms with van der Waals surface area (Å²) < 4.78 is 5.91. The smallest absolute Gasteiger partial charge is 0.124 e. The topological polar surface area (TPSA) is 21.3 Å². The third-order valence-electron chi connectivity index (χ3n) is 3.40. The van der Waals surface area contributed by atoms with Gasteiger partial charge in [-0.3, -0.25) is 0 Å². The van der Waals surface area contributed by atoms with Crippen molar-refractivity contribution in [2.24, 2.45) is 0 Å². The van der Waals surface area contributed by atoms with Crippen molar-refractivity contribution in [3.05, 3.63) is 51.7 Å². The number of ether oxygens (including phenoxy) is 1. The summed E-state index contributed by atoms with van der Waals surface area (Å²) in [6, 6.07) is 10.8. The van der Waals surface area contributed by atoms with Crippen LogP contribution in [0.25, 0.3) is 0 Å². The van der Waals surface area contributed by atoms with E-state index in [1.807, 2.05) is 24.5 Å². The summed E-state index contributed by atoms with van der Waals surface area (Å²) in [6.07, 6.45) is 2.09. The van der Waals surface area contributed by atoms with Crippen molar-refractivity contribution in [3.63, 3.8) is 0 Å². The molecule has 1 N–H and O–H groups in total. The van der Waals surface area contributed by atoms with E-state index in [0.29, 0.717) is 0 Å². The van der Waals surface area contributed by atoms with Gasteiger partial charge in [-0.05, 0) is 43.0 Å². The maximum absolute atomic E-state index is 5.91. The number of aryl methyl sites for hydroxylation is 1. The molecule has 1 aromatic heterocycles. The predicted molar refractivity (Wildman–Crippen MR) is 86.8 cm³/mol. The average molecular weight is 289 g/mol. The molecule has 2 rings (SSSR count). The molecule has 1 atom stereocenters. The van der Waals surface area contributed by atoms with Crippen LogP contribution in [0.5, 0.6) is 5.75 Å². The lowest BCUT2D eigenvalue weighted by molar-refractivity contribution is 0.312. The molecule has 108 valence electrons. The monoisotopic (exact) mass is 289 g/mol. The van der Waals surface area contributed by atoms with Crippen LogP contribution in [0.2, 0.25) is 0 Å². The number of nitrogens with one attached hydrogen (secondary N) is 1. The Bertz CT molecular complexity index is 535. The van der Waals surface area contributed by atoms with Gasteiger partial charge in [0.15, 0.2) is 0 Å².